The summed E-state index contributed by atoms with van der Waals surface area (Å²) in [5.74, 6) is 1.61. The summed E-state index contributed by atoms with van der Waals surface area (Å²) in [4.78, 5) is 6.04. The molecule has 1 aromatic carbocycles. The maximum atomic E-state index is 4.66. The number of nitrogens with zero attached hydrogens (tertiary/aromatic N) is 1. The van der Waals surface area contributed by atoms with Gasteiger partial charge in [-0.25, -0.2) is 0 Å². The Kier molecular flexibility index (Phi) is 4.79. The van der Waals surface area contributed by atoms with Crippen LogP contribution in [-0.4, -0.2) is 10.7 Å². The maximum Gasteiger partial charge on any atom is 0.0510 e. The fourth-order valence-electron chi connectivity index (χ4n) is 3.04. The minimum atomic E-state index is 0.301. The Hall–Kier alpha value is -1.28. The van der Waals surface area contributed by atoms with Gasteiger partial charge in [-0.2, -0.15) is 0 Å². The third kappa shape index (κ3) is 3.54. The number of pyridine rings is 1. The lowest BCUT2D eigenvalue weighted by Gasteiger charge is -2.38. The van der Waals surface area contributed by atoms with Gasteiger partial charge >= 0.3 is 0 Å². The van der Waals surface area contributed by atoms with Gasteiger partial charge in [0.05, 0.1) is 5.69 Å². The van der Waals surface area contributed by atoms with E-state index in [4.69, 9.17) is 0 Å². The molecule has 1 aliphatic carbocycles. The molecule has 0 saturated heterocycles. The molecule has 128 valence electrons. The molecular formula is C22H29NS. The highest BCUT2D eigenvalue weighted by Gasteiger charge is 2.32. The highest BCUT2D eigenvalue weighted by atomic mass is 32.2. The first kappa shape index (κ1) is 17.5. The monoisotopic (exact) mass is 339 g/mol. The second-order valence-electron chi connectivity index (χ2n) is 8.63. The molecule has 0 amide bonds. The zero-order chi connectivity index (χ0) is 17.4. The molecule has 1 aliphatic rings. The molecular weight excluding hydrogens is 310 g/mol. The van der Waals surface area contributed by atoms with E-state index < -0.39 is 0 Å². The molecule has 0 fully saturated rings. The number of fused-ring (bicyclic) bond motifs is 1. The Balaban J connectivity index is 1.76. The minimum Gasteiger partial charge on any atom is -0.260 e. The van der Waals surface area contributed by atoms with E-state index in [0.717, 1.165) is 12.2 Å². The van der Waals surface area contributed by atoms with Crippen LogP contribution in [0.1, 0.15) is 63.8 Å². The Labute approximate surface area is 151 Å². The SMILES string of the molecule is CC(C)(C)C(C)(C)CSc1cccc(C2CCc3cccnc32)c1. The van der Waals surface area contributed by atoms with Crippen molar-refractivity contribution >= 4 is 11.8 Å². The van der Waals surface area contributed by atoms with Gasteiger partial charge in [-0.3, -0.25) is 4.98 Å². The van der Waals surface area contributed by atoms with E-state index in [1.165, 1.54) is 28.1 Å². The Morgan fingerprint density at radius 1 is 1.08 bits per heavy atom. The van der Waals surface area contributed by atoms with E-state index in [2.05, 4.69) is 76.0 Å². The van der Waals surface area contributed by atoms with Crippen LogP contribution in [0.4, 0.5) is 0 Å². The van der Waals surface area contributed by atoms with Crippen molar-refractivity contribution in [1.29, 1.82) is 0 Å². The standard InChI is InChI=1S/C22H29NS/c1-21(2,3)22(4,5)15-24-18-10-6-8-17(14-18)19-12-11-16-9-7-13-23-20(16)19/h6-10,13-14,19H,11-12,15H2,1-5H3. The Bertz CT molecular complexity index is 712. The Morgan fingerprint density at radius 3 is 2.62 bits per heavy atom. The molecule has 2 aromatic rings. The van der Waals surface area contributed by atoms with Gasteiger partial charge in [-0.1, -0.05) is 52.8 Å². The van der Waals surface area contributed by atoms with Gasteiger partial charge in [-0.15, -0.1) is 11.8 Å². The molecule has 1 aromatic heterocycles. The van der Waals surface area contributed by atoms with Crippen molar-refractivity contribution in [3.8, 4) is 0 Å². The summed E-state index contributed by atoms with van der Waals surface area (Å²) in [6.07, 6.45) is 4.28. The van der Waals surface area contributed by atoms with Crippen LogP contribution >= 0.6 is 11.8 Å². The van der Waals surface area contributed by atoms with Crippen molar-refractivity contribution in [3.05, 3.63) is 59.4 Å². The van der Waals surface area contributed by atoms with Crippen LogP contribution in [0.15, 0.2) is 47.5 Å². The zero-order valence-corrected chi connectivity index (χ0v) is 16.4. The van der Waals surface area contributed by atoms with Crippen LogP contribution < -0.4 is 0 Å². The largest absolute Gasteiger partial charge is 0.260 e. The molecule has 0 N–H and O–H groups in total. The van der Waals surface area contributed by atoms with Gasteiger partial charge in [0.25, 0.3) is 0 Å². The molecule has 0 aliphatic heterocycles. The number of benzene rings is 1. The fraction of sp³-hybridized carbons (Fsp3) is 0.500. The van der Waals surface area contributed by atoms with Gasteiger partial charge in [0.1, 0.15) is 0 Å². The second-order valence-corrected chi connectivity index (χ2v) is 9.68. The van der Waals surface area contributed by atoms with Gasteiger partial charge in [0, 0.05) is 22.8 Å². The van der Waals surface area contributed by atoms with Crippen molar-refractivity contribution in [2.45, 2.75) is 58.3 Å². The van der Waals surface area contributed by atoms with Crippen LogP contribution in [0.25, 0.3) is 0 Å². The van der Waals surface area contributed by atoms with Crippen molar-refractivity contribution < 1.29 is 0 Å². The second kappa shape index (κ2) is 6.55. The predicted molar refractivity (Wildman–Crippen MR) is 105 cm³/mol. The van der Waals surface area contributed by atoms with E-state index in [1.807, 2.05) is 18.0 Å². The number of hydrogen-bond donors (Lipinski definition) is 0. The molecule has 3 rings (SSSR count). The quantitative estimate of drug-likeness (QED) is 0.604. The van der Waals surface area contributed by atoms with Gasteiger partial charge in [0.2, 0.25) is 0 Å². The van der Waals surface area contributed by atoms with Crippen LogP contribution in [0.2, 0.25) is 0 Å². The number of hydrogen-bond acceptors (Lipinski definition) is 2. The predicted octanol–water partition coefficient (Wildman–Crippen LogP) is 6.32. The van der Waals surface area contributed by atoms with E-state index in [9.17, 15) is 0 Å². The highest BCUT2D eigenvalue weighted by Crippen LogP contribution is 2.43. The van der Waals surface area contributed by atoms with Crippen molar-refractivity contribution in [2.75, 3.05) is 5.75 Å². The Morgan fingerprint density at radius 2 is 1.88 bits per heavy atom. The molecule has 24 heavy (non-hydrogen) atoms. The number of aryl methyl sites for hydroxylation is 1. The number of aromatic nitrogens is 1. The summed E-state index contributed by atoms with van der Waals surface area (Å²) < 4.78 is 0. The van der Waals surface area contributed by atoms with Crippen LogP contribution in [0, 0.1) is 10.8 Å². The summed E-state index contributed by atoms with van der Waals surface area (Å²) in [6.45, 7) is 11.8. The topological polar surface area (TPSA) is 12.9 Å². The molecule has 1 unspecified atom stereocenters. The number of rotatable bonds is 4. The van der Waals surface area contributed by atoms with E-state index in [-0.39, 0.29) is 0 Å². The molecule has 1 nitrogen and oxygen atoms in total. The zero-order valence-electron chi connectivity index (χ0n) is 15.6. The molecule has 0 spiro atoms. The first-order chi connectivity index (χ1) is 11.3. The average molecular weight is 340 g/mol. The lowest BCUT2D eigenvalue weighted by atomic mass is 9.71. The lowest BCUT2D eigenvalue weighted by Crippen LogP contribution is -2.31. The molecule has 1 atom stereocenters. The normalized spacial score (nSPS) is 17.8. The average Bonchev–Trinajstić information content (AvgIpc) is 2.96. The summed E-state index contributed by atoms with van der Waals surface area (Å²) >= 11 is 1.99. The summed E-state index contributed by atoms with van der Waals surface area (Å²) in [6, 6.07) is 13.4. The lowest BCUT2D eigenvalue weighted by molar-refractivity contribution is 0.162. The molecule has 1 heterocycles. The third-order valence-electron chi connectivity index (χ3n) is 5.85. The van der Waals surface area contributed by atoms with Gasteiger partial charge in [0.15, 0.2) is 0 Å². The summed E-state index contributed by atoms with van der Waals surface area (Å²) in [7, 11) is 0. The van der Waals surface area contributed by atoms with E-state index in [1.54, 1.807) is 0 Å². The fourth-order valence-corrected chi connectivity index (χ4v) is 4.39. The van der Waals surface area contributed by atoms with Gasteiger partial charge in [-0.05, 0) is 53.0 Å². The minimum absolute atomic E-state index is 0.301. The molecule has 0 saturated carbocycles. The van der Waals surface area contributed by atoms with Gasteiger partial charge < -0.3 is 0 Å². The maximum absolute atomic E-state index is 4.66. The van der Waals surface area contributed by atoms with Crippen LogP contribution in [0.3, 0.4) is 0 Å². The first-order valence-corrected chi connectivity index (χ1v) is 9.93. The third-order valence-corrected chi connectivity index (χ3v) is 7.30. The molecule has 0 bridgehead atoms. The van der Waals surface area contributed by atoms with Crippen LogP contribution in [-0.2, 0) is 6.42 Å². The molecule has 2 heteroatoms. The van der Waals surface area contributed by atoms with E-state index in [0.29, 0.717) is 16.7 Å². The van der Waals surface area contributed by atoms with Crippen molar-refractivity contribution in [1.82, 2.24) is 4.98 Å². The van der Waals surface area contributed by atoms with Crippen molar-refractivity contribution in [2.24, 2.45) is 10.8 Å². The van der Waals surface area contributed by atoms with Crippen LogP contribution in [0.5, 0.6) is 0 Å². The molecule has 0 radical (unpaired) electrons. The smallest absolute Gasteiger partial charge is 0.0510 e. The van der Waals surface area contributed by atoms with E-state index >= 15 is 0 Å². The summed E-state index contributed by atoms with van der Waals surface area (Å²) in [5.41, 5.74) is 4.75. The first-order valence-electron chi connectivity index (χ1n) is 8.94. The number of thioether (sulfide) groups is 1. The van der Waals surface area contributed by atoms with Crippen molar-refractivity contribution in [3.63, 3.8) is 0 Å². The summed E-state index contributed by atoms with van der Waals surface area (Å²) in [5, 5.41) is 0. The highest BCUT2D eigenvalue weighted by molar-refractivity contribution is 7.99.